The van der Waals surface area contributed by atoms with Crippen LogP contribution in [0.4, 0.5) is 5.69 Å². The number of nitrogens with one attached hydrogen (secondary N) is 1. The van der Waals surface area contributed by atoms with E-state index in [0.717, 1.165) is 11.8 Å². The molecule has 2 aliphatic rings. The molecule has 0 spiro atoms. The third kappa shape index (κ3) is 4.04. The molecular weight excluding hydrogens is 347 g/mol. The molecule has 2 aliphatic carbocycles. The highest BCUT2D eigenvalue weighted by atomic mass is 35.5. The van der Waals surface area contributed by atoms with E-state index in [9.17, 15) is 9.59 Å². The molecule has 0 unspecified atom stereocenters. The summed E-state index contributed by atoms with van der Waals surface area (Å²) in [5.74, 6) is 1.87. The lowest BCUT2D eigenvalue weighted by Gasteiger charge is -2.24. The van der Waals surface area contributed by atoms with E-state index >= 15 is 0 Å². The Bertz CT molecular complexity index is 650. The Morgan fingerprint density at radius 3 is 2.62 bits per heavy atom. The van der Waals surface area contributed by atoms with Crippen molar-refractivity contribution in [2.45, 2.75) is 32.1 Å². The Morgan fingerprint density at radius 2 is 2.00 bits per heavy atom. The first-order valence-corrected chi connectivity index (χ1v) is 9.17. The number of rotatable bonds is 5. The van der Waals surface area contributed by atoms with Crippen LogP contribution >= 0.6 is 23.2 Å². The van der Waals surface area contributed by atoms with Gasteiger partial charge < -0.3 is 10.2 Å². The average Bonchev–Trinajstić information content (AvgIpc) is 3.13. The van der Waals surface area contributed by atoms with Gasteiger partial charge in [0.2, 0.25) is 11.8 Å². The first-order chi connectivity index (χ1) is 11.4. The van der Waals surface area contributed by atoms with E-state index in [4.69, 9.17) is 23.2 Å². The van der Waals surface area contributed by atoms with Crippen LogP contribution in [0.25, 0.3) is 0 Å². The Balaban J connectivity index is 1.48. The maximum absolute atomic E-state index is 12.4. The van der Waals surface area contributed by atoms with E-state index < -0.39 is 0 Å². The van der Waals surface area contributed by atoms with Gasteiger partial charge in [0.05, 0.1) is 16.6 Å². The number of anilines is 1. The van der Waals surface area contributed by atoms with Crippen LogP contribution in [0.5, 0.6) is 0 Å². The summed E-state index contributed by atoms with van der Waals surface area (Å²) in [6.07, 6.45) is 5.64. The zero-order valence-electron chi connectivity index (χ0n) is 13.7. The molecular formula is C18H22Cl2N2O2. The summed E-state index contributed by atoms with van der Waals surface area (Å²) in [6, 6.07) is 4.91. The van der Waals surface area contributed by atoms with Gasteiger partial charge in [-0.2, -0.15) is 0 Å². The number of carbonyl (C=O) groups excluding carboxylic acids is 2. The normalized spacial score (nSPS) is 24.9. The molecule has 6 heteroatoms. The van der Waals surface area contributed by atoms with E-state index in [0.29, 0.717) is 28.1 Å². The van der Waals surface area contributed by atoms with Crippen LogP contribution < -0.4 is 5.32 Å². The van der Waals surface area contributed by atoms with Crippen LogP contribution in [0.15, 0.2) is 18.2 Å². The van der Waals surface area contributed by atoms with Gasteiger partial charge in [-0.05, 0) is 55.2 Å². The third-order valence-electron chi connectivity index (χ3n) is 5.33. The standard InChI is InChI=1S/C18H22Cl2N2O2/c1-22(18(24)8-13-7-11-2-3-12(13)6-11)10-17(23)21-14-4-5-15(19)16(20)9-14/h4-5,9,11-13H,2-3,6-8,10H2,1H3,(H,21,23)/t11-,12+,13-/m0/s1. The molecule has 3 atom stereocenters. The van der Waals surface area contributed by atoms with Crippen molar-refractivity contribution in [3.05, 3.63) is 28.2 Å². The number of fused-ring (bicyclic) bond motifs is 2. The van der Waals surface area contributed by atoms with Gasteiger partial charge in [-0.25, -0.2) is 0 Å². The van der Waals surface area contributed by atoms with Gasteiger partial charge >= 0.3 is 0 Å². The molecule has 130 valence electrons. The molecule has 1 aromatic carbocycles. The highest BCUT2D eigenvalue weighted by Crippen LogP contribution is 2.49. The van der Waals surface area contributed by atoms with E-state index in [2.05, 4.69) is 5.32 Å². The zero-order valence-corrected chi connectivity index (χ0v) is 15.2. The molecule has 2 fully saturated rings. The summed E-state index contributed by atoms with van der Waals surface area (Å²) in [5, 5.41) is 3.56. The molecule has 0 saturated heterocycles. The number of benzene rings is 1. The van der Waals surface area contributed by atoms with Crippen LogP contribution in [0.1, 0.15) is 32.1 Å². The van der Waals surface area contributed by atoms with Crippen molar-refractivity contribution in [3.63, 3.8) is 0 Å². The predicted molar refractivity (Wildman–Crippen MR) is 96.3 cm³/mol. The Morgan fingerprint density at radius 1 is 1.21 bits per heavy atom. The van der Waals surface area contributed by atoms with Crippen molar-refractivity contribution in [2.75, 3.05) is 18.9 Å². The highest BCUT2D eigenvalue weighted by molar-refractivity contribution is 6.42. The first-order valence-electron chi connectivity index (χ1n) is 8.41. The average molecular weight is 369 g/mol. The largest absolute Gasteiger partial charge is 0.336 e. The van der Waals surface area contributed by atoms with Gasteiger partial charge in [0.15, 0.2) is 0 Å². The monoisotopic (exact) mass is 368 g/mol. The number of carbonyl (C=O) groups is 2. The lowest BCUT2D eigenvalue weighted by Crippen LogP contribution is -2.36. The number of amides is 2. The molecule has 2 saturated carbocycles. The van der Waals surface area contributed by atoms with Gasteiger partial charge in [0.25, 0.3) is 0 Å². The topological polar surface area (TPSA) is 49.4 Å². The van der Waals surface area contributed by atoms with Crippen molar-refractivity contribution in [1.82, 2.24) is 4.90 Å². The quantitative estimate of drug-likeness (QED) is 0.845. The summed E-state index contributed by atoms with van der Waals surface area (Å²) >= 11 is 11.8. The lowest BCUT2D eigenvalue weighted by atomic mass is 9.86. The molecule has 4 nitrogen and oxygen atoms in total. The molecule has 2 bridgehead atoms. The number of hydrogen-bond donors (Lipinski definition) is 1. The summed E-state index contributed by atoms with van der Waals surface area (Å²) < 4.78 is 0. The fourth-order valence-electron chi connectivity index (χ4n) is 4.08. The van der Waals surface area contributed by atoms with E-state index in [1.54, 1.807) is 25.2 Å². The van der Waals surface area contributed by atoms with Crippen LogP contribution in [0, 0.1) is 17.8 Å². The van der Waals surface area contributed by atoms with Crippen molar-refractivity contribution in [2.24, 2.45) is 17.8 Å². The second kappa shape index (κ2) is 7.32. The van der Waals surface area contributed by atoms with Crippen molar-refractivity contribution in [1.29, 1.82) is 0 Å². The number of likely N-dealkylation sites (N-methyl/N-ethyl adjacent to an activating group) is 1. The number of hydrogen-bond acceptors (Lipinski definition) is 2. The Hall–Kier alpha value is -1.26. The van der Waals surface area contributed by atoms with Crippen LogP contribution in [0.3, 0.4) is 0 Å². The number of halogens is 2. The molecule has 0 radical (unpaired) electrons. The van der Waals surface area contributed by atoms with Crippen LogP contribution in [-0.2, 0) is 9.59 Å². The van der Waals surface area contributed by atoms with Crippen LogP contribution in [-0.4, -0.2) is 30.3 Å². The highest BCUT2D eigenvalue weighted by Gasteiger charge is 2.40. The minimum atomic E-state index is -0.239. The predicted octanol–water partition coefficient (Wildman–Crippen LogP) is 4.22. The summed E-state index contributed by atoms with van der Waals surface area (Å²) in [4.78, 5) is 26.0. The van der Waals surface area contributed by atoms with E-state index in [1.165, 1.54) is 30.6 Å². The van der Waals surface area contributed by atoms with Crippen molar-refractivity contribution in [3.8, 4) is 0 Å². The van der Waals surface area contributed by atoms with E-state index in [1.807, 2.05) is 0 Å². The van der Waals surface area contributed by atoms with Gasteiger partial charge in [-0.1, -0.05) is 29.6 Å². The molecule has 1 aromatic rings. The van der Waals surface area contributed by atoms with Crippen molar-refractivity contribution < 1.29 is 9.59 Å². The third-order valence-corrected chi connectivity index (χ3v) is 6.07. The van der Waals surface area contributed by atoms with Crippen LogP contribution in [0.2, 0.25) is 10.0 Å². The fraction of sp³-hybridized carbons (Fsp3) is 0.556. The lowest BCUT2D eigenvalue weighted by molar-refractivity contribution is -0.134. The van der Waals surface area contributed by atoms with E-state index in [-0.39, 0.29) is 18.4 Å². The fourth-order valence-corrected chi connectivity index (χ4v) is 4.38. The first kappa shape index (κ1) is 17.6. The summed E-state index contributed by atoms with van der Waals surface area (Å²) in [6.45, 7) is 0.0416. The zero-order chi connectivity index (χ0) is 17.3. The Labute approximate surface area is 152 Å². The summed E-state index contributed by atoms with van der Waals surface area (Å²) in [5.41, 5.74) is 0.573. The Kier molecular flexibility index (Phi) is 5.36. The molecule has 2 amide bonds. The van der Waals surface area contributed by atoms with Crippen molar-refractivity contribution >= 4 is 40.7 Å². The second-order valence-corrected chi connectivity index (χ2v) is 7.88. The maximum atomic E-state index is 12.4. The molecule has 0 aromatic heterocycles. The van der Waals surface area contributed by atoms with Gasteiger partial charge in [0.1, 0.15) is 0 Å². The molecule has 3 rings (SSSR count). The maximum Gasteiger partial charge on any atom is 0.243 e. The molecule has 0 aliphatic heterocycles. The SMILES string of the molecule is CN(CC(=O)Nc1ccc(Cl)c(Cl)c1)C(=O)C[C@@H]1C[C@H]2CC[C@@H]1C2. The van der Waals surface area contributed by atoms with Gasteiger partial charge in [-0.15, -0.1) is 0 Å². The summed E-state index contributed by atoms with van der Waals surface area (Å²) in [7, 11) is 1.68. The van der Waals surface area contributed by atoms with Gasteiger partial charge in [0, 0.05) is 19.2 Å². The number of nitrogens with zero attached hydrogens (tertiary/aromatic N) is 1. The molecule has 0 heterocycles. The smallest absolute Gasteiger partial charge is 0.243 e. The minimum absolute atomic E-state index is 0.0416. The minimum Gasteiger partial charge on any atom is -0.336 e. The second-order valence-electron chi connectivity index (χ2n) is 7.07. The molecule has 1 N–H and O–H groups in total. The molecule has 24 heavy (non-hydrogen) atoms. The van der Waals surface area contributed by atoms with Gasteiger partial charge in [-0.3, -0.25) is 9.59 Å².